The molecule has 1 unspecified atom stereocenters. The van der Waals surface area contributed by atoms with E-state index in [4.69, 9.17) is 15.2 Å². The van der Waals surface area contributed by atoms with Gasteiger partial charge in [-0.1, -0.05) is 6.07 Å². The lowest BCUT2D eigenvalue weighted by atomic mass is 10.1. The number of ether oxygens (including phenoxy) is 2. The van der Waals surface area contributed by atoms with E-state index in [0.29, 0.717) is 12.6 Å². The van der Waals surface area contributed by atoms with Crippen molar-refractivity contribution >= 4 is 0 Å². The Bertz CT molecular complexity index is 342. The number of nitrogens with one attached hydrogen (secondary N) is 1. The van der Waals surface area contributed by atoms with Crippen molar-refractivity contribution in [2.75, 3.05) is 27.3 Å². The molecule has 0 aliphatic heterocycles. The Morgan fingerprint density at radius 1 is 1.24 bits per heavy atom. The zero-order chi connectivity index (χ0) is 12.7. The molecule has 0 radical (unpaired) electrons. The second-order valence-electron chi connectivity index (χ2n) is 4.04. The topological polar surface area (TPSA) is 56.5 Å². The molecule has 1 aromatic carbocycles. The van der Waals surface area contributed by atoms with Crippen LogP contribution in [0, 0.1) is 0 Å². The molecule has 0 amide bonds. The molecule has 0 bridgehead atoms. The van der Waals surface area contributed by atoms with Gasteiger partial charge in [-0.2, -0.15) is 0 Å². The third-order valence-corrected chi connectivity index (χ3v) is 2.63. The fourth-order valence-corrected chi connectivity index (χ4v) is 1.76. The van der Waals surface area contributed by atoms with Gasteiger partial charge in [0.05, 0.1) is 14.2 Å². The van der Waals surface area contributed by atoms with Gasteiger partial charge in [0, 0.05) is 19.1 Å². The maximum Gasteiger partial charge on any atom is 0.160 e. The van der Waals surface area contributed by atoms with E-state index in [1.165, 1.54) is 5.56 Å². The van der Waals surface area contributed by atoms with Crippen molar-refractivity contribution in [2.45, 2.75) is 19.4 Å². The summed E-state index contributed by atoms with van der Waals surface area (Å²) in [6.07, 6.45) is 0.945. The van der Waals surface area contributed by atoms with Crippen LogP contribution in [0.25, 0.3) is 0 Å². The first kappa shape index (κ1) is 13.8. The SMILES string of the molecule is COc1ccc(CC(C)NCCN)cc1OC. The lowest BCUT2D eigenvalue weighted by Crippen LogP contribution is -2.32. The monoisotopic (exact) mass is 238 g/mol. The van der Waals surface area contributed by atoms with Gasteiger partial charge in [0.1, 0.15) is 0 Å². The lowest BCUT2D eigenvalue weighted by Gasteiger charge is -2.14. The fraction of sp³-hybridized carbons (Fsp3) is 0.538. The summed E-state index contributed by atoms with van der Waals surface area (Å²) in [5.74, 6) is 1.54. The van der Waals surface area contributed by atoms with Gasteiger partial charge >= 0.3 is 0 Å². The third kappa shape index (κ3) is 4.24. The van der Waals surface area contributed by atoms with Crippen LogP contribution in [0.5, 0.6) is 11.5 Å². The van der Waals surface area contributed by atoms with Crippen LogP contribution >= 0.6 is 0 Å². The number of hydrogen-bond acceptors (Lipinski definition) is 4. The molecule has 0 spiro atoms. The normalized spacial score (nSPS) is 12.2. The molecular weight excluding hydrogens is 216 g/mol. The Morgan fingerprint density at radius 2 is 1.94 bits per heavy atom. The minimum atomic E-state index is 0.400. The zero-order valence-electron chi connectivity index (χ0n) is 10.8. The summed E-state index contributed by atoms with van der Waals surface area (Å²) in [6.45, 7) is 3.65. The number of methoxy groups -OCH3 is 2. The Hall–Kier alpha value is -1.26. The predicted octanol–water partition coefficient (Wildman–Crippen LogP) is 1.18. The molecule has 4 heteroatoms. The molecule has 3 N–H and O–H groups in total. The van der Waals surface area contributed by atoms with Gasteiger partial charge in [-0.05, 0) is 31.0 Å². The minimum Gasteiger partial charge on any atom is -0.493 e. The van der Waals surface area contributed by atoms with Gasteiger partial charge in [-0.3, -0.25) is 0 Å². The second-order valence-corrected chi connectivity index (χ2v) is 4.04. The highest BCUT2D eigenvalue weighted by Gasteiger charge is 2.07. The highest BCUT2D eigenvalue weighted by atomic mass is 16.5. The largest absolute Gasteiger partial charge is 0.493 e. The zero-order valence-corrected chi connectivity index (χ0v) is 10.8. The average molecular weight is 238 g/mol. The van der Waals surface area contributed by atoms with Crippen LogP contribution in [0.1, 0.15) is 12.5 Å². The quantitative estimate of drug-likeness (QED) is 0.749. The molecule has 0 saturated carbocycles. The highest BCUT2D eigenvalue weighted by Crippen LogP contribution is 2.27. The summed E-state index contributed by atoms with van der Waals surface area (Å²) in [5, 5.41) is 3.35. The van der Waals surface area contributed by atoms with Crippen molar-refractivity contribution in [1.82, 2.24) is 5.32 Å². The minimum absolute atomic E-state index is 0.400. The summed E-state index contributed by atoms with van der Waals surface area (Å²) in [7, 11) is 3.29. The van der Waals surface area contributed by atoms with Crippen LogP contribution in [-0.4, -0.2) is 33.4 Å². The second kappa shape index (κ2) is 7.14. The molecule has 1 rings (SSSR count). The van der Waals surface area contributed by atoms with E-state index in [1.54, 1.807) is 14.2 Å². The van der Waals surface area contributed by atoms with E-state index >= 15 is 0 Å². The number of nitrogens with two attached hydrogens (primary N) is 1. The molecule has 1 atom stereocenters. The molecule has 0 aromatic heterocycles. The molecule has 17 heavy (non-hydrogen) atoms. The molecule has 0 fully saturated rings. The predicted molar refractivity (Wildman–Crippen MR) is 69.8 cm³/mol. The van der Waals surface area contributed by atoms with Crippen LogP contribution in [-0.2, 0) is 6.42 Å². The van der Waals surface area contributed by atoms with Crippen molar-refractivity contribution in [2.24, 2.45) is 5.73 Å². The van der Waals surface area contributed by atoms with Crippen LogP contribution in [0.2, 0.25) is 0 Å². The Labute approximate surface area is 103 Å². The first-order chi connectivity index (χ1) is 8.21. The molecular formula is C13H22N2O2. The Morgan fingerprint density at radius 3 is 2.53 bits per heavy atom. The fourth-order valence-electron chi connectivity index (χ4n) is 1.76. The van der Waals surface area contributed by atoms with Crippen molar-refractivity contribution < 1.29 is 9.47 Å². The molecule has 96 valence electrons. The highest BCUT2D eigenvalue weighted by molar-refractivity contribution is 5.43. The van der Waals surface area contributed by atoms with Crippen LogP contribution in [0.3, 0.4) is 0 Å². The van der Waals surface area contributed by atoms with Crippen molar-refractivity contribution in [3.63, 3.8) is 0 Å². The molecule has 0 saturated heterocycles. The van der Waals surface area contributed by atoms with Crippen LogP contribution < -0.4 is 20.5 Å². The van der Waals surface area contributed by atoms with Crippen molar-refractivity contribution in [3.8, 4) is 11.5 Å². The van der Waals surface area contributed by atoms with E-state index in [2.05, 4.69) is 18.3 Å². The Balaban J connectivity index is 2.65. The van der Waals surface area contributed by atoms with E-state index in [-0.39, 0.29) is 0 Å². The number of hydrogen-bond donors (Lipinski definition) is 2. The maximum absolute atomic E-state index is 5.45. The standard InChI is InChI=1S/C13H22N2O2/c1-10(15-7-6-14)8-11-4-5-12(16-2)13(9-11)17-3/h4-5,9-10,15H,6-8,14H2,1-3H3. The summed E-state index contributed by atoms with van der Waals surface area (Å²) in [5.41, 5.74) is 6.68. The first-order valence-electron chi connectivity index (χ1n) is 5.85. The first-order valence-corrected chi connectivity index (χ1v) is 5.85. The molecule has 1 aromatic rings. The van der Waals surface area contributed by atoms with Crippen LogP contribution in [0.4, 0.5) is 0 Å². The lowest BCUT2D eigenvalue weighted by molar-refractivity contribution is 0.354. The number of benzene rings is 1. The average Bonchev–Trinajstić information content (AvgIpc) is 2.36. The van der Waals surface area contributed by atoms with E-state index in [9.17, 15) is 0 Å². The number of rotatable bonds is 7. The summed E-state index contributed by atoms with van der Waals surface area (Å²) >= 11 is 0. The van der Waals surface area contributed by atoms with Gasteiger partial charge in [-0.25, -0.2) is 0 Å². The van der Waals surface area contributed by atoms with Crippen molar-refractivity contribution in [1.29, 1.82) is 0 Å². The molecule has 0 aliphatic carbocycles. The van der Waals surface area contributed by atoms with E-state index in [1.807, 2.05) is 12.1 Å². The van der Waals surface area contributed by atoms with E-state index in [0.717, 1.165) is 24.5 Å². The summed E-state index contributed by atoms with van der Waals surface area (Å²) < 4.78 is 10.5. The van der Waals surface area contributed by atoms with Crippen LogP contribution in [0.15, 0.2) is 18.2 Å². The van der Waals surface area contributed by atoms with Gasteiger partial charge < -0.3 is 20.5 Å². The maximum atomic E-state index is 5.45. The van der Waals surface area contributed by atoms with E-state index < -0.39 is 0 Å². The third-order valence-electron chi connectivity index (χ3n) is 2.63. The summed E-state index contributed by atoms with van der Waals surface area (Å²) in [4.78, 5) is 0. The van der Waals surface area contributed by atoms with Crippen molar-refractivity contribution in [3.05, 3.63) is 23.8 Å². The van der Waals surface area contributed by atoms with Gasteiger partial charge in [0.15, 0.2) is 11.5 Å². The molecule has 4 nitrogen and oxygen atoms in total. The summed E-state index contributed by atoms with van der Waals surface area (Å²) in [6, 6.07) is 6.40. The van der Waals surface area contributed by atoms with Gasteiger partial charge in [-0.15, -0.1) is 0 Å². The smallest absolute Gasteiger partial charge is 0.160 e. The Kier molecular flexibility index (Phi) is 5.80. The van der Waals surface area contributed by atoms with Gasteiger partial charge in [0.2, 0.25) is 0 Å². The molecule has 0 heterocycles. The van der Waals surface area contributed by atoms with Gasteiger partial charge in [0.25, 0.3) is 0 Å². The molecule has 0 aliphatic rings.